The van der Waals surface area contributed by atoms with Gasteiger partial charge in [0.25, 0.3) is 5.91 Å². The smallest absolute Gasteiger partial charge is 0.444 e. The Morgan fingerprint density at radius 1 is 1.10 bits per heavy atom. The Bertz CT molecular complexity index is 2150. The monoisotopic (exact) mass is 750 g/mol. The van der Waals surface area contributed by atoms with Crippen LogP contribution in [0.2, 0.25) is 0 Å². The van der Waals surface area contributed by atoms with Crippen molar-refractivity contribution in [1.82, 2.24) is 30.6 Å². The lowest BCUT2D eigenvalue weighted by atomic mass is 10.1. The first-order valence-electron chi connectivity index (χ1n) is 15.9. The molecule has 16 nitrogen and oxygen atoms in total. The lowest BCUT2D eigenvalue weighted by Gasteiger charge is -2.31. The molecule has 4 aromatic rings. The number of morpholine rings is 1. The average molecular weight is 751 g/mol. The molecule has 0 bridgehead atoms. The molecule has 1 atom stereocenters. The molecule has 276 valence electrons. The Morgan fingerprint density at radius 2 is 1.85 bits per heavy atom. The lowest BCUT2D eigenvalue weighted by Crippen LogP contribution is -2.51. The third-order valence-corrected chi connectivity index (χ3v) is 10.1. The van der Waals surface area contributed by atoms with Crippen molar-refractivity contribution < 1.29 is 54.1 Å². The minimum absolute atomic E-state index is 0.0946. The fraction of sp³-hybridized carbons (Fsp3) is 0.452. The second kappa shape index (κ2) is 12.5. The molecule has 21 heteroatoms. The van der Waals surface area contributed by atoms with Gasteiger partial charge in [-0.05, 0) is 57.4 Å². The van der Waals surface area contributed by atoms with Gasteiger partial charge in [-0.2, -0.15) is 23.1 Å². The van der Waals surface area contributed by atoms with Crippen LogP contribution in [0.4, 0.5) is 34.1 Å². The number of ether oxygens (including phenoxy) is 2. The fourth-order valence-electron chi connectivity index (χ4n) is 5.76. The van der Waals surface area contributed by atoms with Crippen molar-refractivity contribution >= 4 is 33.5 Å². The van der Waals surface area contributed by atoms with E-state index in [1.807, 2.05) is 4.90 Å². The molecule has 3 aromatic heterocycles. The number of pyridine rings is 1. The maximum Gasteiger partial charge on any atom is 0.471 e. The van der Waals surface area contributed by atoms with Crippen LogP contribution in [-0.2, 0) is 36.8 Å². The molecule has 5 heterocycles. The summed E-state index contributed by atoms with van der Waals surface area (Å²) >= 11 is 0. The fourth-order valence-corrected chi connectivity index (χ4v) is 7.37. The number of anilines is 2. The van der Waals surface area contributed by atoms with Crippen LogP contribution in [0.1, 0.15) is 45.1 Å². The van der Waals surface area contributed by atoms with Gasteiger partial charge < -0.3 is 33.6 Å². The number of carbonyl (C=O) groups is 2. The van der Waals surface area contributed by atoms with Gasteiger partial charge in [0.05, 0.1) is 47.2 Å². The van der Waals surface area contributed by atoms with Gasteiger partial charge in [0, 0.05) is 12.7 Å². The minimum atomic E-state index is -4.88. The number of nitrogens with one attached hydrogen (secondary N) is 1. The summed E-state index contributed by atoms with van der Waals surface area (Å²) in [5, 5.41) is 9.55. The number of rotatable bonds is 6. The molecular weight excluding hydrogens is 720 g/mol. The molecule has 52 heavy (non-hydrogen) atoms. The highest BCUT2D eigenvalue weighted by atomic mass is 32.2. The highest BCUT2D eigenvalue weighted by molar-refractivity contribution is 7.91. The Hall–Kier alpha value is -5.18. The van der Waals surface area contributed by atoms with Crippen LogP contribution in [-0.4, -0.2) is 88.4 Å². The SMILES string of the molecule is CC(C)(C)OC(=O)N[C@H]1CS(=O)(=O)c2cc(F)c(-c3noc(N4CCOC5(CC5)C4)n3)cc2N(Cc2ccc(-c3noc(C(F)(F)F)n3)nc2)C1=O. The molecule has 2 fully saturated rings. The van der Waals surface area contributed by atoms with E-state index in [1.165, 1.54) is 18.3 Å². The summed E-state index contributed by atoms with van der Waals surface area (Å²) in [5.41, 5.74) is -1.66. The zero-order chi connectivity index (χ0) is 37.2. The zero-order valence-corrected chi connectivity index (χ0v) is 28.5. The molecule has 1 saturated heterocycles. The van der Waals surface area contributed by atoms with E-state index in [9.17, 15) is 31.2 Å². The summed E-state index contributed by atoms with van der Waals surface area (Å²) in [6, 6.07) is 2.93. The van der Waals surface area contributed by atoms with Gasteiger partial charge in [0.2, 0.25) is 11.6 Å². The molecule has 2 aliphatic heterocycles. The van der Waals surface area contributed by atoms with Gasteiger partial charge in [0.1, 0.15) is 23.2 Å². The van der Waals surface area contributed by atoms with Crippen LogP contribution < -0.4 is 15.1 Å². The quantitative estimate of drug-likeness (QED) is 0.279. The van der Waals surface area contributed by atoms with Crippen LogP contribution >= 0.6 is 0 Å². The predicted molar refractivity (Wildman–Crippen MR) is 169 cm³/mol. The molecule has 2 amide bonds. The number of alkyl carbamates (subject to hydrolysis) is 1. The van der Waals surface area contributed by atoms with Crippen molar-refractivity contribution in [3.8, 4) is 22.9 Å². The number of benzene rings is 1. The number of carbonyl (C=O) groups excluding carboxylic acids is 2. The van der Waals surface area contributed by atoms with E-state index in [-0.39, 0.29) is 46.5 Å². The molecule has 1 N–H and O–H groups in total. The standard InChI is InChI=1S/C31H30F4N8O8S/c1-29(2,3)49-28(45)37-20-14-52(46,47)22-11-18(32)17(23-39-27(51-40-23)42-8-9-48-30(15-42)6-7-30)10-21(22)43(25(20)44)13-16-4-5-19(36-12-16)24-38-26(50-41-24)31(33,34)35/h4-5,10-12,20H,6-9,13-15H2,1-3H3,(H,37,45)/t20-/m0/s1. The number of amides is 2. The maximum absolute atomic E-state index is 15.8. The van der Waals surface area contributed by atoms with Crippen LogP contribution in [0.25, 0.3) is 22.9 Å². The van der Waals surface area contributed by atoms with Gasteiger partial charge in [-0.1, -0.05) is 16.4 Å². The number of nitrogens with zero attached hydrogens (tertiary/aromatic N) is 7. The summed E-state index contributed by atoms with van der Waals surface area (Å²) in [5.74, 6) is -5.10. The van der Waals surface area contributed by atoms with E-state index in [2.05, 4.69) is 35.1 Å². The van der Waals surface area contributed by atoms with Crippen LogP contribution in [0.15, 0.2) is 44.4 Å². The van der Waals surface area contributed by atoms with E-state index in [4.69, 9.17) is 14.0 Å². The van der Waals surface area contributed by atoms with E-state index < -0.39 is 67.8 Å². The third kappa shape index (κ3) is 7.14. The number of halogens is 4. The average Bonchev–Trinajstić information content (AvgIpc) is 3.43. The van der Waals surface area contributed by atoms with Crippen LogP contribution in [0.3, 0.4) is 0 Å². The Kier molecular flexibility index (Phi) is 8.47. The summed E-state index contributed by atoms with van der Waals surface area (Å²) in [4.78, 5) is 40.9. The van der Waals surface area contributed by atoms with Gasteiger partial charge in [-0.25, -0.2) is 17.6 Å². The van der Waals surface area contributed by atoms with Gasteiger partial charge in [-0.15, -0.1) is 0 Å². The molecule has 7 rings (SSSR count). The topological polar surface area (TPSA) is 196 Å². The summed E-state index contributed by atoms with van der Waals surface area (Å²) in [6.07, 6.45) is -2.99. The van der Waals surface area contributed by atoms with E-state index in [1.54, 1.807) is 20.8 Å². The lowest BCUT2D eigenvalue weighted by molar-refractivity contribution is -0.159. The zero-order valence-electron chi connectivity index (χ0n) is 27.7. The Balaban J connectivity index is 1.25. The van der Waals surface area contributed by atoms with Crippen molar-refractivity contribution in [2.45, 2.75) is 68.5 Å². The van der Waals surface area contributed by atoms with E-state index >= 15 is 4.39 Å². The van der Waals surface area contributed by atoms with Crippen molar-refractivity contribution in [2.75, 3.05) is 35.2 Å². The van der Waals surface area contributed by atoms with Crippen molar-refractivity contribution in [3.63, 3.8) is 0 Å². The molecule has 1 aromatic carbocycles. The number of sulfone groups is 1. The molecule has 1 aliphatic carbocycles. The van der Waals surface area contributed by atoms with Gasteiger partial charge in [-0.3, -0.25) is 9.78 Å². The van der Waals surface area contributed by atoms with Crippen molar-refractivity contribution in [1.29, 1.82) is 0 Å². The number of hydrogen-bond donors (Lipinski definition) is 1. The maximum atomic E-state index is 15.8. The second-order valence-corrected chi connectivity index (χ2v) is 15.5. The molecule has 1 saturated carbocycles. The summed E-state index contributed by atoms with van der Waals surface area (Å²) in [6.45, 7) is 5.71. The van der Waals surface area contributed by atoms with Crippen LogP contribution in [0, 0.1) is 5.82 Å². The van der Waals surface area contributed by atoms with E-state index in [0.717, 1.165) is 29.9 Å². The number of fused-ring (bicyclic) bond motifs is 1. The molecule has 3 aliphatic rings. The predicted octanol–water partition coefficient (Wildman–Crippen LogP) is 3.92. The molecular formula is C31H30F4N8O8S. The number of aromatic nitrogens is 5. The normalized spacial score (nSPS) is 19.7. The third-order valence-electron chi connectivity index (χ3n) is 8.36. The number of hydrogen-bond acceptors (Lipinski definition) is 14. The van der Waals surface area contributed by atoms with Crippen molar-refractivity contribution in [2.24, 2.45) is 0 Å². The highest BCUT2D eigenvalue weighted by Gasteiger charge is 2.48. The summed E-state index contributed by atoms with van der Waals surface area (Å²) < 4.78 is 103. The largest absolute Gasteiger partial charge is 0.471 e. The first-order valence-corrected chi connectivity index (χ1v) is 17.5. The number of alkyl halides is 3. The first-order chi connectivity index (χ1) is 24.4. The minimum Gasteiger partial charge on any atom is -0.444 e. The molecule has 1 spiro atoms. The van der Waals surface area contributed by atoms with E-state index in [0.29, 0.717) is 19.7 Å². The first kappa shape index (κ1) is 35.2. The van der Waals surface area contributed by atoms with Crippen molar-refractivity contribution in [3.05, 3.63) is 47.7 Å². The van der Waals surface area contributed by atoms with Crippen LogP contribution in [0.5, 0.6) is 0 Å². The van der Waals surface area contributed by atoms with Gasteiger partial charge >= 0.3 is 24.2 Å². The molecule has 0 unspecified atom stereocenters. The highest BCUT2D eigenvalue weighted by Crippen LogP contribution is 2.43. The summed E-state index contributed by atoms with van der Waals surface area (Å²) in [7, 11) is -4.46. The molecule has 0 radical (unpaired) electrons. The Morgan fingerprint density at radius 3 is 2.50 bits per heavy atom. The Labute approximate surface area is 292 Å². The van der Waals surface area contributed by atoms with Gasteiger partial charge in [0.15, 0.2) is 9.84 Å². The second-order valence-electron chi connectivity index (χ2n) is 13.5.